The molecule has 1 saturated heterocycles. The van der Waals surface area contributed by atoms with Gasteiger partial charge in [0.2, 0.25) is 5.91 Å². The van der Waals surface area contributed by atoms with E-state index >= 15 is 0 Å². The lowest BCUT2D eigenvalue weighted by Gasteiger charge is -2.22. The average Bonchev–Trinajstić information content (AvgIpc) is 2.91. The van der Waals surface area contributed by atoms with Gasteiger partial charge < -0.3 is 10.6 Å². The molecule has 0 aliphatic carbocycles. The van der Waals surface area contributed by atoms with Crippen LogP contribution in [-0.4, -0.2) is 41.2 Å². The van der Waals surface area contributed by atoms with Crippen molar-refractivity contribution >= 4 is 35.3 Å². The number of halogens is 3. The maximum atomic E-state index is 12.9. The SMILES string of the molecule is Cc1ccc(C2(C)NC(=O)N(CC(=O)Nc3ccccc3SCC(F)(F)F)C2=O)cc1. The molecule has 31 heavy (non-hydrogen) atoms. The van der Waals surface area contributed by atoms with Crippen LogP contribution in [0, 0.1) is 6.92 Å². The molecule has 164 valence electrons. The van der Waals surface area contributed by atoms with Crippen molar-refractivity contribution in [3.8, 4) is 0 Å². The third kappa shape index (κ3) is 5.19. The van der Waals surface area contributed by atoms with Crippen molar-refractivity contribution in [1.29, 1.82) is 0 Å². The number of nitrogens with one attached hydrogen (secondary N) is 2. The van der Waals surface area contributed by atoms with E-state index in [2.05, 4.69) is 10.6 Å². The number of benzene rings is 2. The number of carbonyl (C=O) groups excluding carboxylic acids is 3. The third-order valence-electron chi connectivity index (χ3n) is 4.76. The number of carbonyl (C=O) groups is 3. The zero-order valence-corrected chi connectivity index (χ0v) is 17.6. The molecule has 3 rings (SSSR count). The van der Waals surface area contributed by atoms with Crippen molar-refractivity contribution < 1.29 is 27.6 Å². The summed E-state index contributed by atoms with van der Waals surface area (Å²) in [5, 5.41) is 5.10. The second-order valence-corrected chi connectivity index (χ2v) is 8.28. The Morgan fingerprint density at radius 1 is 1.13 bits per heavy atom. The first-order valence-corrected chi connectivity index (χ1v) is 10.3. The number of rotatable bonds is 6. The van der Waals surface area contributed by atoms with Gasteiger partial charge in [0, 0.05) is 4.90 Å². The van der Waals surface area contributed by atoms with Gasteiger partial charge in [-0.25, -0.2) is 4.79 Å². The number of para-hydroxylation sites is 1. The summed E-state index contributed by atoms with van der Waals surface area (Å²) in [6, 6.07) is 12.4. The number of urea groups is 1. The van der Waals surface area contributed by atoms with E-state index in [4.69, 9.17) is 0 Å². The predicted octanol–water partition coefficient (Wildman–Crippen LogP) is 4.06. The van der Waals surface area contributed by atoms with Crippen LogP contribution in [-0.2, 0) is 15.1 Å². The van der Waals surface area contributed by atoms with E-state index in [1.54, 1.807) is 31.2 Å². The molecule has 1 heterocycles. The second-order valence-electron chi connectivity index (χ2n) is 7.26. The number of imide groups is 1. The summed E-state index contributed by atoms with van der Waals surface area (Å²) < 4.78 is 37.6. The lowest BCUT2D eigenvalue weighted by Crippen LogP contribution is -2.42. The first-order chi connectivity index (χ1) is 14.5. The van der Waals surface area contributed by atoms with Crippen molar-refractivity contribution in [2.75, 3.05) is 17.6 Å². The Balaban J connectivity index is 1.71. The van der Waals surface area contributed by atoms with Gasteiger partial charge in [-0.3, -0.25) is 14.5 Å². The second kappa shape index (κ2) is 8.62. The standard InChI is InChI=1S/C21H20F3N3O3S/c1-13-7-9-14(10-8-13)20(2)18(29)27(19(30)26-20)11-17(28)25-15-5-3-4-6-16(15)31-12-21(22,23)24/h3-10H,11-12H2,1-2H3,(H,25,28)(H,26,30). The first-order valence-electron chi connectivity index (χ1n) is 9.29. The van der Waals surface area contributed by atoms with Gasteiger partial charge >= 0.3 is 12.2 Å². The van der Waals surface area contributed by atoms with E-state index in [1.165, 1.54) is 12.1 Å². The summed E-state index contributed by atoms with van der Waals surface area (Å²) >= 11 is 0.538. The highest BCUT2D eigenvalue weighted by Crippen LogP contribution is 2.32. The van der Waals surface area contributed by atoms with Crippen molar-refractivity contribution in [1.82, 2.24) is 10.2 Å². The highest BCUT2D eigenvalue weighted by Gasteiger charge is 2.49. The molecule has 1 aliphatic heterocycles. The lowest BCUT2D eigenvalue weighted by molar-refractivity contribution is -0.133. The minimum atomic E-state index is -4.36. The molecule has 1 unspecified atom stereocenters. The maximum Gasteiger partial charge on any atom is 0.398 e. The fraction of sp³-hybridized carbons (Fsp3) is 0.286. The van der Waals surface area contributed by atoms with Crippen LogP contribution in [0.4, 0.5) is 23.7 Å². The van der Waals surface area contributed by atoms with Gasteiger partial charge in [0.1, 0.15) is 12.1 Å². The molecular weight excluding hydrogens is 431 g/mol. The molecule has 1 atom stereocenters. The minimum Gasteiger partial charge on any atom is -0.324 e. The Morgan fingerprint density at radius 2 is 1.77 bits per heavy atom. The third-order valence-corrected chi connectivity index (χ3v) is 5.90. The van der Waals surface area contributed by atoms with Crippen LogP contribution < -0.4 is 10.6 Å². The fourth-order valence-corrected chi connectivity index (χ4v) is 3.88. The van der Waals surface area contributed by atoms with Gasteiger partial charge in [0.25, 0.3) is 5.91 Å². The number of thioether (sulfide) groups is 1. The van der Waals surface area contributed by atoms with Gasteiger partial charge in [0.05, 0.1) is 11.4 Å². The predicted molar refractivity (Wildman–Crippen MR) is 111 cm³/mol. The number of hydrogen-bond acceptors (Lipinski definition) is 4. The highest BCUT2D eigenvalue weighted by atomic mass is 32.2. The van der Waals surface area contributed by atoms with Gasteiger partial charge in [-0.15, -0.1) is 11.8 Å². The molecule has 1 aliphatic rings. The zero-order valence-electron chi connectivity index (χ0n) is 16.7. The number of hydrogen-bond donors (Lipinski definition) is 2. The Morgan fingerprint density at radius 3 is 2.42 bits per heavy atom. The molecule has 0 bridgehead atoms. The van der Waals surface area contributed by atoms with Crippen LogP contribution in [0.1, 0.15) is 18.1 Å². The summed E-state index contributed by atoms with van der Waals surface area (Å²) in [7, 11) is 0. The van der Waals surface area contributed by atoms with Crippen LogP contribution >= 0.6 is 11.8 Å². The molecule has 2 N–H and O–H groups in total. The summed E-state index contributed by atoms with van der Waals surface area (Å²) in [6.45, 7) is 2.88. The van der Waals surface area contributed by atoms with E-state index in [0.717, 1.165) is 10.5 Å². The van der Waals surface area contributed by atoms with Gasteiger partial charge in [-0.2, -0.15) is 13.2 Å². The number of anilines is 1. The molecule has 6 nitrogen and oxygen atoms in total. The van der Waals surface area contributed by atoms with Crippen molar-refractivity contribution in [3.63, 3.8) is 0 Å². The van der Waals surface area contributed by atoms with E-state index in [-0.39, 0.29) is 10.6 Å². The quantitative estimate of drug-likeness (QED) is 0.513. The number of alkyl halides is 3. The number of aryl methyl sites for hydroxylation is 1. The van der Waals surface area contributed by atoms with Crippen LogP contribution in [0.3, 0.4) is 0 Å². The Bertz CT molecular complexity index is 1010. The topological polar surface area (TPSA) is 78.5 Å². The molecule has 0 aromatic heterocycles. The number of amides is 4. The highest BCUT2D eigenvalue weighted by molar-refractivity contribution is 7.99. The van der Waals surface area contributed by atoms with E-state index in [9.17, 15) is 27.6 Å². The normalized spacial score (nSPS) is 18.8. The fourth-order valence-electron chi connectivity index (χ4n) is 3.11. The largest absolute Gasteiger partial charge is 0.398 e. The van der Waals surface area contributed by atoms with E-state index < -0.39 is 41.9 Å². The molecule has 0 spiro atoms. The molecule has 4 amide bonds. The summed E-state index contributed by atoms with van der Waals surface area (Å²) in [6.07, 6.45) is -4.36. The molecule has 0 radical (unpaired) electrons. The van der Waals surface area contributed by atoms with Gasteiger partial charge in [0.15, 0.2) is 0 Å². The summed E-state index contributed by atoms with van der Waals surface area (Å²) in [5.41, 5.74) is 0.427. The molecule has 2 aromatic rings. The Labute approximate surface area is 181 Å². The number of nitrogens with zero attached hydrogens (tertiary/aromatic N) is 1. The monoisotopic (exact) mass is 451 g/mol. The molecule has 10 heteroatoms. The maximum absolute atomic E-state index is 12.9. The summed E-state index contributed by atoms with van der Waals surface area (Å²) in [5.74, 6) is -2.39. The van der Waals surface area contributed by atoms with Crippen LogP contribution in [0.2, 0.25) is 0 Å². The molecule has 2 aromatic carbocycles. The van der Waals surface area contributed by atoms with Crippen LogP contribution in [0.15, 0.2) is 53.4 Å². The van der Waals surface area contributed by atoms with Crippen LogP contribution in [0.5, 0.6) is 0 Å². The van der Waals surface area contributed by atoms with Crippen LogP contribution in [0.25, 0.3) is 0 Å². The van der Waals surface area contributed by atoms with Crippen molar-refractivity contribution in [2.24, 2.45) is 0 Å². The zero-order chi connectivity index (χ0) is 22.8. The smallest absolute Gasteiger partial charge is 0.324 e. The van der Waals surface area contributed by atoms with Gasteiger partial charge in [-0.05, 0) is 31.5 Å². The Hall–Kier alpha value is -3.01. The van der Waals surface area contributed by atoms with Gasteiger partial charge in [-0.1, -0.05) is 42.0 Å². The van der Waals surface area contributed by atoms with Crippen molar-refractivity contribution in [2.45, 2.75) is 30.5 Å². The molecule has 1 fully saturated rings. The lowest BCUT2D eigenvalue weighted by atomic mass is 9.91. The van der Waals surface area contributed by atoms with Crippen molar-refractivity contribution in [3.05, 3.63) is 59.7 Å². The first kappa shape index (κ1) is 22.7. The van der Waals surface area contributed by atoms with E-state index in [0.29, 0.717) is 17.3 Å². The Kier molecular flexibility index (Phi) is 6.30. The van der Waals surface area contributed by atoms with E-state index in [1.807, 2.05) is 19.1 Å². The minimum absolute atomic E-state index is 0.176. The molecular formula is C21H20F3N3O3S. The summed E-state index contributed by atoms with van der Waals surface area (Å²) in [4.78, 5) is 38.8. The average molecular weight is 451 g/mol. The molecule has 0 saturated carbocycles.